The van der Waals surface area contributed by atoms with Crippen molar-refractivity contribution in [2.45, 2.75) is 19.9 Å². The average Bonchev–Trinajstić information content (AvgIpc) is 2.54. The molecule has 14 heavy (non-hydrogen) atoms. The Bertz CT molecular complexity index is 295. The fraction of sp³-hybridized carbons (Fsp3) is 0.444. The number of nitrogens with two attached hydrogens (primary N) is 1. The van der Waals surface area contributed by atoms with E-state index < -0.39 is 17.4 Å². The first-order valence-corrected chi connectivity index (χ1v) is 3.95. The molecule has 0 fully saturated rings. The molecule has 0 aliphatic heterocycles. The second-order valence-electron chi connectivity index (χ2n) is 3.54. The summed E-state index contributed by atoms with van der Waals surface area (Å²) < 4.78 is 4.82. The molecular weight excluding hydrogens is 193 g/mol. The van der Waals surface area contributed by atoms with E-state index in [2.05, 4.69) is 0 Å². The summed E-state index contributed by atoms with van der Waals surface area (Å²) in [6, 6.07) is 1.03. The van der Waals surface area contributed by atoms with Gasteiger partial charge in [-0.25, -0.2) is 0 Å². The van der Waals surface area contributed by atoms with Crippen molar-refractivity contribution in [3.05, 3.63) is 24.2 Å². The van der Waals surface area contributed by atoms with Crippen molar-refractivity contribution in [3.63, 3.8) is 0 Å². The number of hydrogen-bond donors (Lipinski definition) is 1. The van der Waals surface area contributed by atoms with Gasteiger partial charge in [0.1, 0.15) is 0 Å². The maximum absolute atomic E-state index is 10.7. The standard InChI is InChI=1S/C9H13NO3.Na/c1-9(2,8(11)12)7(10)6-3-4-13-5-6;/h3-5,7H,10H2,1-2H3,(H,11,12);/q;+1/p-1. The van der Waals surface area contributed by atoms with E-state index in [0.29, 0.717) is 5.56 Å². The summed E-state index contributed by atoms with van der Waals surface area (Å²) in [6.45, 7) is 3.06. The monoisotopic (exact) mass is 205 g/mol. The van der Waals surface area contributed by atoms with Gasteiger partial charge in [0.15, 0.2) is 0 Å². The number of carboxylic acid groups (broad SMARTS) is 1. The minimum atomic E-state index is -1.17. The zero-order valence-corrected chi connectivity index (χ0v) is 10.6. The van der Waals surface area contributed by atoms with Gasteiger partial charge in [-0.3, -0.25) is 0 Å². The van der Waals surface area contributed by atoms with Crippen LogP contribution in [0.1, 0.15) is 25.5 Å². The Hall–Kier alpha value is -0.290. The van der Waals surface area contributed by atoms with Crippen molar-refractivity contribution in [2.24, 2.45) is 11.1 Å². The molecule has 5 heteroatoms. The second-order valence-corrected chi connectivity index (χ2v) is 3.54. The molecule has 0 bridgehead atoms. The minimum absolute atomic E-state index is 0. The zero-order chi connectivity index (χ0) is 10.1. The van der Waals surface area contributed by atoms with Gasteiger partial charge in [0.2, 0.25) is 0 Å². The summed E-state index contributed by atoms with van der Waals surface area (Å²) in [6.07, 6.45) is 2.90. The first-order chi connectivity index (χ1) is 5.96. The van der Waals surface area contributed by atoms with E-state index in [4.69, 9.17) is 10.2 Å². The van der Waals surface area contributed by atoms with Crippen LogP contribution in [0.25, 0.3) is 0 Å². The third-order valence-electron chi connectivity index (χ3n) is 2.21. The van der Waals surface area contributed by atoms with E-state index in [1.54, 1.807) is 6.07 Å². The molecule has 2 N–H and O–H groups in total. The molecule has 0 aliphatic carbocycles. The molecule has 1 aromatic rings. The van der Waals surface area contributed by atoms with Gasteiger partial charge in [0.05, 0.1) is 12.5 Å². The molecule has 0 amide bonds. The Labute approximate surface area is 105 Å². The predicted molar refractivity (Wildman–Crippen MR) is 44.4 cm³/mol. The second kappa shape index (κ2) is 4.98. The molecule has 1 rings (SSSR count). The fourth-order valence-corrected chi connectivity index (χ4v) is 0.996. The molecule has 1 atom stereocenters. The number of carbonyl (C=O) groups is 1. The van der Waals surface area contributed by atoms with E-state index in [1.807, 2.05) is 0 Å². The van der Waals surface area contributed by atoms with Gasteiger partial charge in [-0.1, -0.05) is 13.8 Å². The Kier molecular flexibility index (Phi) is 4.88. The van der Waals surface area contributed by atoms with E-state index in [0.717, 1.165) is 0 Å². The molecule has 0 radical (unpaired) electrons. The number of aliphatic carboxylic acids is 1. The Morgan fingerprint density at radius 1 is 1.64 bits per heavy atom. The summed E-state index contributed by atoms with van der Waals surface area (Å²) >= 11 is 0. The molecule has 1 heterocycles. The molecule has 4 nitrogen and oxygen atoms in total. The Balaban J connectivity index is 0.00000169. The van der Waals surface area contributed by atoms with Crippen LogP contribution in [0.2, 0.25) is 0 Å². The topological polar surface area (TPSA) is 79.3 Å². The summed E-state index contributed by atoms with van der Waals surface area (Å²) in [7, 11) is 0. The summed E-state index contributed by atoms with van der Waals surface area (Å²) in [5.41, 5.74) is 5.31. The van der Waals surface area contributed by atoms with Crippen LogP contribution in [0.4, 0.5) is 0 Å². The van der Waals surface area contributed by atoms with Crippen molar-refractivity contribution in [1.82, 2.24) is 0 Å². The van der Waals surface area contributed by atoms with Crippen LogP contribution in [0.15, 0.2) is 23.0 Å². The van der Waals surface area contributed by atoms with Crippen LogP contribution in [0.5, 0.6) is 0 Å². The largest absolute Gasteiger partial charge is 1.00 e. The molecule has 0 saturated heterocycles. The molecule has 0 aromatic carbocycles. The van der Waals surface area contributed by atoms with E-state index in [1.165, 1.54) is 26.4 Å². The summed E-state index contributed by atoms with van der Waals surface area (Å²) in [5, 5.41) is 10.7. The van der Waals surface area contributed by atoms with Gasteiger partial charge < -0.3 is 20.1 Å². The Morgan fingerprint density at radius 3 is 2.57 bits per heavy atom. The number of carbonyl (C=O) groups excluding carboxylic acids is 1. The van der Waals surface area contributed by atoms with Crippen LogP contribution in [-0.4, -0.2) is 5.97 Å². The van der Waals surface area contributed by atoms with E-state index in [9.17, 15) is 9.90 Å². The smallest absolute Gasteiger partial charge is 0.550 e. The van der Waals surface area contributed by atoms with Crippen molar-refractivity contribution in [2.75, 3.05) is 0 Å². The van der Waals surface area contributed by atoms with Crippen molar-refractivity contribution >= 4 is 5.97 Å². The van der Waals surface area contributed by atoms with Gasteiger partial charge in [-0.2, -0.15) is 0 Å². The van der Waals surface area contributed by atoms with Crippen molar-refractivity contribution in [1.29, 1.82) is 0 Å². The number of hydrogen-bond acceptors (Lipinski definition) is 4. The van der Waals surface area contributed by atoms with Crippen LogP contribution < -0.4 is 40.4 Å². The van der Waals surface area contributed by atoms with Crippen LogP contribution in [-0.2, 0) is 4.79 Å². The molecular formula is C9H12NNaO3. The van der Waals surface area contributed by atoms with Crippen molar-refractivity contribution < 1.29 is 43.9 Å². The van der Waals surface area contributed by atoms with Gasteiger partial charge in [0, 0.05) is 23.0 Å². The normalized spacial score (nSPS) is 13.1. The average molecular weight is 205 g/mol. The third-order valence-corrected chi connectivity index (χ3v) is 2.21. The number of furan rings is 1. The summed E-state index contributed by atoms with van der Waals surface area (Å²) in [4.78, 5) is 10.7. The molecule has 0 spiro atoms. The number of rotatable bonds is 3. The zero-order valence-electron chi connectivity index (χ0n) is 8.61. The third kappa shape index (κ3) is 2.60. The van der Waals surface area contributed by atoms with Crippen LogP contribution >= 0.6 is 0 Å². The van der Waals surface area contributed by atoms with E-state index in [-0.39, 0.29) is 29.6 Å². The predicted octanol–water partition coefficient (Wildman–Crippen LogP) is -2.94. The maximum Gasteiger partial charge on any atom is 1.00 e. The van der Waals surface area contributed by atoms with Gasteiger partial charge >= 0.3 is 29.6 Å². The van der Waals surface area contributed by atoms with Gasteiger partial charge in [-0.05, 0) is 6.07 Å². The maximum atomic E-state index is 10.7. The molecule has 72 valence electrons. The summed E-state index contributed by atoms with van der Waals surface area (Å²) in [5.74, 6) is -1.17. The molecule has 0 aliphatic rings. The first kappa shape index (κ1) is 13.7. The molecule has 1 unspecified atom stereocenters. The number of carboxylic acids is 1. The van der Waals surface area contributed by atoms with Gasteiger partial charge in [-0.15, -0.1) is 0 Å². The van der Waals surface area contributed by atoms with E-state index >= 15 is 0 Å². The van der Waals surface area contributed by atoms with Crippen molar-refractivity contribution in [3.8, 4) is 0 Å². The van der Waals surface area contributed by atoms with Gasteiger partial charge in [0.25, 0.3) is 0 Å². The van der Waals surface area contributed by atoms with Crippen LogP contribution in [0.3, 0.4) is 0 Å². The first-order valence-electron chi connectivity index (χ1n) is 3.95. The molecule has 1 aromatic heterocycles. The van der Waals surface area contributed by atoms with Crippen LogP contribution in [0, 0.1) is 5.41 Å². The SMILES string of the molecule is CC(C)(C(=O)[O-])C(N)c1ccoc1.[Na+]. The minimum Gasteiger partial charge on any atom is -0.550 e. The molecule has 0 saturated carbocycles. The Morgan fingerprint density at radius 2 is 2.21 bits per heavy atom. The quantitative estimate of drug-likeness (QED) is 0.535. The fourth-order valence-electron chi connectivity index (χ4n) is 0.996.